The van der Waals surface area contributed by atoms with Gasteiger partial charge in [-0.15, -0.1) is 0 Å². The largest absolute Gasteiger partial charge is 0.508 e. The smallest absolute Gasteiger partial charge is 0.205 e. The number of anilines is 1. The Hall–Kier alpha value is -3.36. The molecule has 0 radical (unpaired) electrons. The van der Waals surface area contributed by atoms with Crippen molar-refractivity contribution >= 4 is 45.0 Å². The zero-order valence-corrected chi connectivity index (χ0v) is 17.2. The molecule has 0 bridgehead atoms. The number of nitrogens with zero attached hydrogens (tertiary/aromatic N) is 4. The van der Waals surface area contributed by atoms with Gasteiger partial charge in [0.1, 0.15) is 16.5 Å². The SMILES string of the molecule is Oc1ccc([C@@H]2N=C3SC(c4ccccc4)=NN3C(=S)N2c2ccccc2)c(O)c1. The summed E-state index contributed by atoms with van der Waals surface area (Å²) in [5, 5.41) is 28.5. The Labute approximate surface area is 182 Å². The lowest BCUT2D eigenvalue weighted by Gasteiger charge is -2.38. The normalized spacial score (nSPS) is 18.1. The summed E-state index contributed by atoms with van der Waals surface area (Å²) >= 11 is 7.25. The molecule has 3 aromatic carbocycles. The van der Waals surface area contributed by atoms with Gasteiger partial charge < -0.3 is 10.2 Å². The van der Waals surface area contributed by atoms with Crippen LogP contribution >= 0.6 is 24.0 Å². The van der Waals surface area contributed by atoms with E-state index in [0.717, 1.165) is 16.3 Å². The Kier molecular flexibility index (Phi) is 4.65. The fourth-order valence-electron chi connectivity index (χ4n) is 3.36. The minimum Gasteiger partial charge on any atom is -0.508 e. The number of hydrogen-bond acceptors (Lipinski definition) is 6. The molecule has 0 aliphatic carbocycles. The van der Waals surface area contributed by atoms with Crippen molar-refractivity contribution in [2.24, 2.45) is 10.1 Å². The van der Waals surface area contributed by atoms with Crippen LogP contribution in [0.2, 0.25) is 0 Å². The van der Waals surface area contributed by atoms with Gasteiger partial charge in [-0.1, -0.05) is 48.5 Å². The number of amidine groups is 1. The molecular weight excluding hydrogens is 416 g/mol. The van der Waals surface area contributed by atoms with Crippen LogP contribution in [0.15, 0.2) is 89.0 Å². The minimum atomic E-state index is -0.593. The molecule has 30 heavy (non-hydrogen) atoms. The Morgan fingerprint density at radius 1 is 0.900 bits per heavy atom. The number of phenols is 2. The van der Waals surface area contributed by atoms with Crippen molar-refractivity contribution < 1.29 is 10.2 Å². The highest BCUT2D eigenvalue weighted by molar-refractivity contribution is 8.27. The second-order valence-electron chi connectivity index (χ2n) is 6.70. The van der Waals surface area contributed by atoms with Gasteiger partial charge in [0, 0.05) is 22.9 Å². The molecule has 0 spiro atoms. The molecule has 5 rings (SSSR count). The number of thioether (sulfide) groups is 1. The summed E-state index contributed by atoms with van der Waals surface area (Å²) < 4.78 is 0. The average Bonchev–Trinajstić information content (AvgIpc) is 3.20. The molecule has 2 aliphatic heterocycles. The monoisotopic (exact) mass is 432 g/mol. The van der Waals surface area contributed by atoms with Crippen LogP contribution in [-0.4, -0.2) is 30.5 Å². The standard InChI is InChI=1S/C22H16N4O2S2/c27-16-11-12-17(18(28)13-16)19-23-21-26(22(29)25(19)15-9-5-2-6-10-15)24-20(30-21)14-7-3-1-4-8-14/h1-13,19,27-28H/t19-/m1/s1. The first-order valence-corrected chi connectivity index (χ1v) is 10.4. The fourth-order valence-corrected chi connectivity index (χ4v) is 4.66. The maximum atomic E-state index is 10.5. The number of aromatic hydroxyl groups is 2. The number of benzene rings is 3. The lowest BCUT2D eigenvalue weighted by Crippen LogP contribution is -2.47. The Morgan fingerprint density at radius 2 is 1.60 bits per heavy atom. The van der Waals surface area contributed by atoms with Gasteiger partial charge in [0.05, 0.1) is 0 Å². The van der Waals surface area contributed by atoms with Gasteiger partial charge in [-0.3, -0.25) is 4.90 Å². The van der Waals surface area contributed by atoms with E-state index in [1.165, 1.54) is 23.9 Å². The third kappa shape index (κ3) is 3.20. The Morgan fingerprint density at radius 3 is 2.30 bits per heavy atom. The number of thiocarbonyl (C=S) groups is 1. The summed E-state index contributed by atoms with van der Waals surface area (Å²) in [7, 11) is 0. The number of rotatable bonds is 3. The van der Waals surface area contributed by atoms with Crippen LogP contribution in [-0.2, 0) is 0 Å². The zero-order valence-electron chi connectivity index (χ0n) is 15.6. The van der Waals surface area contributed by atoms with Crippen molar-refractivity contribution in [3.05, 3.63) is 90.0 Å². The third-order valence-electron chi connectivity index (χ3n) is 4.77. The van der Waals surface area contributed by atoms with Crippen LogP contribution in [0.25, 0.3) is 0 Å². The van der Waals surface area contributed by atoms with Gasteiger partial charge in [-0.2, -0.15) is 10.1 Å². The van der Waals surface area contributed by atoms with Crippen LogP contribution in [0.5, 0.6) is 11.5 Å². The molecular formula is C22H16N4O2S2. The molecule has 0 saturated carbocycles. The molecule has 0 amide bonds. The maximum Gasteiger partial charge on any atom is 0.205 e. The first kappa shape index (κ1) is 18.7. The molecule has 0 fully saturated rings. The predicted octanol–water partition coefficient (Wildman–Crippen LogP) is 4.67. The van der Waals surface area contributed by atoms with E-state index < -0.39 is 6.17 Å². The van der Waals surface area contributed by atoms with Crippen molar-refractivity contribution in [1.29, 1.82) is 0 Å². The molecule has 0 saturated heterocycles. The van der Waals surface area contributed by atoms with Gasteiger partial charge in [0.2, 0.25) is 5.11 Å². The molecule has 0 unspecified atom stereocenters. The van der Waals surface area contributed by atoms with Gasteiger partial charge in [0.15, 0.2) is 11.3 Å². The van der Waals surface area contributed by atoms with Gasteiger partial charge in [-0.05, 0) is 48.2 Å². The van der Waals surface area contributed by atoms with Crippen molar-refractivity contribution in [2.75, 3.05) is 4.90 Å². The highest BCUT2D eigenvalue weighted by Gasteiger charge is 2.40. The molecule has 1 atom stereocenters. The van der Waals surface area contributed by atoms with Crippen LogP contribution in [0.4, 0.5) is 5.69 Å². The summed E-state index contributed by atoms with van der Waals surface area (Å²) in [5.74, 6) is -0.0613. The zero-order chi connectivity index (χ0) is 20.7. The highest BCUT2D eigenvalue weighted by Crippen LogP contribution is 2.41. The van der Waals surface area contributed by atoms with Crippen molar-refractivity contribution in [2.45, 2.75) is 6.17 Å². The topological polar surface area (TPSA) is 71.7 Å². The van der Waals surface area contributed by atoms with Crippen LogP contribution < -0.4 is 4.90 Å². The number of hydrazone groups is 1. The van der Waals surface area contributed by atoms with Gasteiger partial charge >= 0.3 is 0 Å². The van der Waals surface area contributed by atoms with Gasteiger partial charge in [0.25, 0.3) is 0 Å². The van der Waals surface area contributed by atoms with Crippen molar-refractivity contribution in [3.63, 3.8) is 0 Å². The molecule has 2 heterocycles. The third-order valence-corrected chi connectivity index (χ3v) is 6.11. The fraction of sp³-hybridized carbons (Fsp3) is 0.0455. The molecule has 6 nitrogen and oxygen atoms in total. The molecule has 8 heteroatoms. The maximum absolute atomic E-state index is 10.5. The van der Waals surface area contributed by atoms with Crippen LogP contribution in [0.1, 0.15) is 17.3 Å². The minimum absolute atomic E-state index is 0.0138. The molecule has 2 aliphatic rings. The number of para-hydroxylation sites is 1. The van der Waals surface area contributed by atoms with E-state index in [0.29, 0.717) is 15.8 Å². The van der Waals surface area contributed by atoms with Crippen LogP contribution in [0, 0.1) is 0 Å². The van der Waals surface area contributed by atoms with Crippen molar-refractivity contribution in [1.82, 2.24) is 5.01 Å². The average molecular weight is 433 g/mol. The van der Waals surface area contributed by atoms with Crippen LogP contribution in [0.3, 0.4) is 0 Å². The Bertz CT molecular complexity index is 1180. The van der Waals surface area contributed by atoms with E-state index in [1.807, 2.05) is 65.6 Å². The summed E-state index contributed by atoms with van der Waals surface area (Å²) in [6.45, 7) is 0. The second kappa shape index (κ2) is 7.47. The summed E-state index contributed by atoms with van der Waals surface area (Å²) in [6.07, 6.45) is -0.593. The quantitative estimate of drug-likeness (QED) is 0.586. The number of fused-ring (bicyclic) bond motifs is 1. The predicted molar refractivity (Wildman–Crippen MR) is 124 cm³/mol. The van der Waals surface area contributed by atoms with Crippen molar-refractivity contribution in [3.8, 4) is 11.5 Å². The summed E-state index contributed by atoms with van der Waals surface area (Å²) in [6, 6.07) is 24.0. The molecule has 0 aromatic heterocycles. The number of hydrogen-bond donors (Lipinski definition) is 2. The lowest BCUT2D eigenvalue weighted by atomic mass is 10.1. The second-order valence-corrected chi connectivity index (χ2v) is 8.02. The summed E-state index contributed by atoms with van der Waals surface area (Å²) in [4.78, 5) is 6.73. The first-order valence-electron chi connectivity index (χ1n) is 9.22. The number of phenolic OH excluding ortho intramolecular Hbond substituents is 2. The summed E-state index contributed by atoms with van der Waals surface area (Å²) in [5.41, 5.74) is 2.36. The van der Waals surface area contributed by atoms with E-state index in [4.69, 9.17) is 22.3 Å². The molecule has 148 valence electrons. The van der Waals surface area contributed by atoms with Gasteiger partial charge in [-0.25, -0.2) is 4.99 Å². The van der Waals surface area contributed by atoms with E-state index >= 15 is 0 Å². The lowest BCUT2D eigenvalue weighted by molar-refractivity contribution is 0.441. The molecule has 2 N–H and O–H groups in total. The highest BCUT2D eigenvalue weighted by atomic mass is 32.2. The van der Waals surface area contributed by atoms with E-state index in [2.05, 4.69) is 0 Å². The van der Waals surface area contributed by atoms with E-state index in [1.54, 1.807) is 11.1 Å². The Balaban J connectivity index is 1.62. The molecule has 3 aromatic rings. The number of aliphatic imine (C=N–C) groups is 1. The first-order chi connectivity index (χ1) is 14.6. The van der Waals surface area contributed by atoms with E-state index in [-0.39, 0.29) is 11.5 Å². The van der Waals surface area contributed by atoms with E-state index in [9.17, 15) is 10.2 Å².